The van der Waals surface area contributed by atoms with Crippen LogP contribution < -0.4 is 0 Å². The lowest BCUT2D eigenvalue weighted by Crippen LogP contribution is -2.32. The van der Waals surface area contributed by atoms with Gasteiger partial charge in [-0.15, -0.1) is 0 Å². The van der Waals surface area contributed by atoms with Gasteiger partial charge in [0.2, 0.25) is 0 Å². The third kappa shape index (κ3) is 14.6. The van der Waals surface area contributed by atoms with Crippen molar-refractivity contribution in [2.45, 2.75) is 232 Å². The molecule has 1 nitrogen and oxygen atoms in total. The van der Waals surface area contributed by atoms with Gasteiger partial charge in [0, 0.05) is 11.1 Å². The lowest BCUT2D eigenvalue weighted by molar-refractivity contribution is -0.0962. The van der Waals surface area contributed by atoms with Crippen molar-refractivity contribution in [3.8, 4) is 0 Å². The van der Waals surface area contributed by atoms with E-state index in [1.807, 2.05) is 0 Å². The molecule has 0 saturated heterocycles. The number of benzene rings is 2. The molecule has 6 rings (SSSR count). The normalized spacial score (nSPS) is 28.4. The van der Waals surface area contributed by atoms with Gasteiger partial charge in [0.1, 0.15) is 0 Å². The third-order valence-corrected chi connectivity index (χ3v) is 16.9. The van der Waals surface area contributed by atoms with E-state index in [4.69, 9.17) is 4.74 Å². The van der Waals surface area contributed by atoms with Crippen LogP contribution in [-0.4, -0.2) is 0 Å². The molecule has 2 atom stereocenters. The minimum Gasteiger partial charge on any atom is -0.365 e. The number of halogens is 4. The van der Waals surface area contributed by atoms with E-state index in [2.05, 4.69) is 13.8 Å². The maximum Gasteiger partial charge on any atom is 0.164 e. The van der Waals surface area contributed by atoms with E-state index in [1.165, 1.54) is 166 Å². The van der Waals surface area contributed by atoms with Gasteiger partial charge in [-0.05, 0) is 137 Å². The predicted molar refractivity (Wildman–Crippen MR) is 246 cm³/mol. The molecule has 4 saturated carbocycles. The van der Waals surface area contributed by atoms with Gasteiger partial charge in [0.05, 0.1) is 12.2 Å². The van der Waals surface area contributed by atoms with E-state index in [9.17, 15) is 8.78 Å². The highest BCUT2D eigenvalue weighted by Crippen LogP contribution is 2.51. The van der Waals surface area contributed by atoms with Crippen LogP contribution in [0.3, 0.4) is 0 Å². The van der Waals surface area contributed by atoms with Crippen molar-refractivity contribution in [2.24, 2.45) is 47.3 Å². The van der Waals surface area contributed by atoms with Gasteiger partial charge < -0.3 is 4.74 Å². The van der Waals surface area contributed by atoms with Crippen LogP contribution in [0.25, 0.3) is 0 Å². The van der Waals surface area contributed by atoms with Crippen molar-refractivity contribution in [2.75, 3.05) is 0 Å². The van der Waals surface area contributed by atoms with E-state index in [-0.39, 0.29) is 23.0 Å². The molecular weight excluding hydrogens is 765 g/mol. The van der Waals surface area contributed by atoms with Crippen molar-refractivity contribution in [1.29, 1.82) is 0 Å². The maximum absolute atomic E-state index is 15.9. The summed E-state index contributed by atoms with van der Waals surface area (Å²) in [5.74, 6) is 1.10. The Balaban J connectivity index is 1.05. The number of hydrogen-bond donors (Lipinski definition) is 0. The average molecular weight is 851 g/mol. The Morgan fingerprint density at radius 3 is 1.07 bits per heavy atom. The summed E-state index contributed by atoms with van der Waals surface area (Å²) in [6.07, 6.45) is 39.1. The summed E-state index contributed by atoms with van der Waals surface area (Å²) in [5, 5.41) is 0. The molecule has 2 aromatic carbocycles. The zero-order valence-corrected chi connectivity index (χ0v) is 38.8. The predicted octanol–water partition coefficient (Wildman–Crippen LogP) is 18.5. The molecule has 344 valence electrons. The Morgan fingerprint density at radius 1 is 0.410 bits per heavy atom. The van der Waals surface area contributed by atoms with Crippen molar-refractivity contribution < 1.29 is 22.3 Å². The second-order valence-electron chi connectivity index (χ2n) is 21.0. The highest BCUT2D eigenvalue weighted by atomic mass is 19.2. The molecule has 0 aromatic heterocycles. The van der Waals surface area contributed by atoms with Crippen LogP contribution in [0, 0.1) is 70.6 Å². The number of ether oxygens (including phenoxy) is 1. The van der Waals surface area contributed by atoms with Crippen LogP contribution in [0.5, 0.6) is 0 Å². The first-order valence-electron chi connectivity index (χ1n) is 26.4. The molecule has 0 N–H and O–H groups in total. The zero-order chi connectivity index (χ0) is 42.8. The van der Waals surface area contributed by atoms with Gasteiger partial charge in [0.15, 0.2) is 23.3 Å². The van der Waals surface area contributed by atoms with Crippen LogP contribution in [0.1, 0.15) is 243 Å². The molecule has 4 fully saturated rings. The van der Waals surface area contributed by atoms with Gasteiger partial charge in [-0.2, -0.15) is 0 Å². The molecule has 0 aliphatic heterocycles. The molecule has 0 heterocycles. The molecule has 0 radical (unpaired) electrons. The Bertz CT molecular complexity index is 1380. The number of hydrogen-bond acceptors (Lipinski definition) is 1. The minimum atomic E-state index is -0.876. The molecule has 4 aliphatic carbocycles. The van der Waals surface area contributed by atoms with Gasteiger partial charge in [-0.1, -0.05) is 167 Å². The number of rotatable bonds is 24. The quantitative estimate of drug-likeness (QED) is 0.0755. The summed E-state index contributed by atoms with van der Waals surface area (Å²) in [7, 11) is 0. The van der Waals surface area contributed by atoms with Crippen LogP contribution in [0.15, 0.2) is 36.4 Å². The Morgan fingerprint density at radius 2 is 0.721 bits per heavy atom. The summed E-state index contributed by atoms with van der Waals surface area (Å²) in [6.45, 7) is 4.56. The second-order valence-corrected chi connectivity index (χ2v) is 21.0. The van der Waals surface area contributed by atoms with E-state index in [1.54, 1.807) is 24.3 Å². The van der Waals surface area contributed by atoms with Gasteiger partial charge in [0.25, 0.3) is 0 Å². The van der Waals surface area contributed by atoms with Gasteiger partial charge >= 0.3 is 0 Å². The van der Waals surface area contributed by atoms with E-state index < -0.39 is 35.5 Å². The summed E-state index contributed by atoms with van der Waals surface area (Å²) >= 11 is 0. The smallest absolute Gasteiger partial charge is 0.164 e. The molecule has 0 spiro atoms. The molecule has 2 unspecified atom stereocenters. The molecule has 5 heteroatoms. The standard InChI is InChI=1S/C56H86F4O/c1-3-5-7-9-11-13-15-19-41-25-29-43(30-26-41)45-33-37-47(38-34-45)55(49-21-17-23-51(57)53(49)59)61-56(50-22-18-24-52(58)54(50)60)48-39-35-46(36-40-48)44-31-27-42(28-32-44)20-16-14-12-10-8-6-4-2/h17-18,21-24,41-48,55-56H,3-16,19-20,25-40H2,1-2H3/t41-,42-,43-,44-,45-,46-,47-,48-,55?,56?. The fourth-order valence-corrected chi connectivity index (χ4v) is 13.0. The molecule has 4 aliphatic rings. The fourth-order valence-electron chi connectivity index (χ4n) is 13.0. The summed E-state index contributed by atoms with van der Waals surface area (Å²) in [4.78, 5) is 0. The summed E-state index contributed by atoms with van der Waals surface area (Å²) in [5.41, 5.74) is 0.469. The molecule has 0 bridgehead atoms. The van der Waals surface area contributed by atoms with E-state index >= 15 is 8.78 Å². The lowest BCUT2D eigenvalue weighted by Gasteiger charge is -2.43. The van der Waals surface area contributed by atoms with Crippen molar-refractivity contribution in [3.63, 3.8) is 0 Å². The van der Waals surface area contributed by atoms with Crippen molar-refractivity contribution in [3.05, 3.63) is 70.8 Å². The van der Waals surface area contributed by atoms with Gasteiger partial charge in [-0.3, -0.25) is 0 Å². The monoisotopic (exact) mass is 851 g/mol. The first kappa shape index (κ1) is 48.6. The maximum atomic E-state index is 15.9. The Hall–Kier alpha value is -1.88. The van der Waals surface area contributed by atoms with Crippen LogP contribution >= 0.6 is 0 Å². The third-order valence-electron chi connectivity index (χ3n) is 16.9. The van der Waals surface area contributed by atoms with Crippen LogP contribution in [-0.2, 0) is 4.74 Å². The van der Waals surface area contributed by atoms with E-state index in [0.717, 1.165) is 75.0 Å². The van der Waals surface area contributed by atoms with E-state index in [0.29, 0.717) is 11.8 Å². The SMILES string of the molecule is CCCCCCCCC[C@H]1CC[C@H]([C@H]2CC[C@H](C(OC(c3cccc(F)c3F)[C@H]3CC[C@H]([C@H]4CC[C@H](CCCCCCCCC)CC4)CC3)c3cccc(F)c3F)CC2)CC1. The first-order chi connectivity index (χ1) is 29.9. The fraction of sp³-hybridized carbons (Fsp3) is 0.786. The Labute approximate surface area is 370 Å². The van der Waals surface area contributed by atoms with Gasteiger partial charge in [-0.25, -0.2) is 17.6 Å². The highest BCUT2D eigenvalue weighted by Gasteiger charge is 2.41. The Kier molecular flexibility index (Phi) is 20.8. The van der Waals surface area contributed by atoms with Crippen molar-refractivity contribution in [1.82, 2.24) is 0 Å². The minimum absolute atomic E-state index is 0.00656. The van der Waals surface area contributed by atoms with Crippen LogP contribution in [0.4, 0.5) is 17.6 Å². The zero-order valence-electron chi connectivity index (χ0n) is 38.8. The summed E-state index contributed by atoms with van der Waals surface area (Å²) in [6, 6.07) is 8.83. The molecular formula is C56H86F4O. The van der Waals surface area contributed by atoms with Crippen LogP contribution in [0.2, 0.25) is 0 Å². The number of unbranched alkanes of at least 4 members (excludes halogenated alkanes) is 12. The average Bonchev–Trinajstić information content (AvgIpc) is 3.29. The molecule has 61 heavy (non-hydrogen) atoms. The topological polar surface area (TPSA) is 9.23 Å². The highest BCUT2D eigenvalue weighted by molar-refractivity contribution is 5.25. The second kappa shape index (κ2) is 26.2. The lowest BCUT2D eigenvalue weighted by atomic mass is 9.67. The first-order valence-corrected chi connectivity index (χ1v) is 26.4. The molecule has 2 aromatic rings. The summed E-state index contributed by atoms with van der Waals surface area (Å²) < 4.78 is 68.8. The van der Waals surface area contributed by atoms with Crippen molar-refractivity contribution >= 4 is 0 Å². The molecule has 0 amide bonds. The largest absolute Gasteiger partial charge is 0.365 e.